The first-order valence-corrected chi connectivity index (χ1v) is 15.0. The molecule has 5 aromatic rings. The average Bonchev–Trinajstić information content (AvgIpc) is 3.39. The van der Waals surface area contributed by atoms with E-state index >= 15 is 0 Å². The van der Waals surface area contributed by atoms with E-state index in [9.17, 15) is 22.8 Å². The van der Waals surface area contributed by atoms with Crippen molar-refractivity contribution in [3.8, 4) is 11.3 Å². The number of carbonyl (C=O) groups is 1. The van der Waals surface area contributed by atoms with Crippen molar-refractivity contribution in [1.82, 2.24) is 29.7 Å². The van der Waals surface area contributed by atoms with Crippen LogP contribution in [0.15, 0.2) is 81.0 Å². The van der Waals surface area contributed by atoms with Crippen LogP contribution in [0, 0.1) is 13.8 Å². The predicted octanol–water partition coefficient (Wildman–Crippen LogP) is 5.85. The molecule has 1 fully saturated rings. The minimum absolute atomic E-state index is 0. The maximum atomic E-state index is 14.2. The van der Waals surface area contributed by atoms with Gasteiger partial charge < -0.3 is 19.5 Å². The van der Waals surface area contributed by atoms with Gasteiger partial charge in [0.2, 0.25) is 5.95 Å². The van der Waals surface area contributed by atoms with Gasteiger partial charge in [-0.05, 0) is 55.3 Å². The SMILES string of the molecule is Cc1ccc(NC(=O)c2ccc(CN3CCN(Cc4oc(=O)oc4C)CC3)c(C(F)(F)F)c2)cc1Nc1nccc(-c2cncnc2)n1.Cl. The Labute approximate surface area is 284 Å². The second kappa shape index (κ2) is 15.0. The molecule has 12 nitrogen and oxygen atoms in total. The lowest BCUT2D eigenvalue weighted by Gasteiger charge is -2.34. The zero-order valence-corrected chi connectivity index (χ0v) is 27.3. The summed E-state index contributed by atoms with van der Waals surface area (Å²) in [6, 6.07) is 10.5. The molecule has 16 heteroatoms. The lowest BCUT2D eigenvalue weighted by Crippen LogP contribution is -2.45. The van der Waals surface area contributed by atoms with Crippen molar-refractivity contribution in [3.05, 3.63) is 112 Å². The molecule has 2 N–H and O–H groups in total. The Morgan fingerprint density at radius 3 is 2.33 bits per heavy atom. The third-order valence-electron chi connectivity index (χ3n) is 7.99. The number of aromatic nitrogens is 4. The Morgan fingerprint density at radius 1 is 0.939 bits per heavy atom. The first kappa shape index (κ1) is 35.2. The topological polar surface area (TPSA) is 143 Å². The number of carbonyl (C=O) groups excluding carboxylic acids is 1. The quantitative estimate of drug-likeness (QED) is 0.192. The van der Waals surface area contributed by atoms with E-state index in [1.54, 1.807) is 49.8 Å². The lowest BCUT2D eigenvalue weighted by atomic mass is 10.0. The van der Waals surface area contributed by atoms with Crippen LogP contribution in [0.25, 0.3) is 11.3 Å². The summed E-state index contributed by atoms with van der Waals surface area (Å²) in [4.78, 5) is 45.3. The molecule has 49 heavy (non-hydrogen) atoms. The van der Waals surface area contributed by atoms with E-state index in [-0.39, 0.29) is 30.1 Å². The van der Waals surface area contributed by atoms with Crippen LogP contribution in [0.1, 0.15) is 38.6 Å². The lowest BCUT2D eigenvalue weighted by molar-refractivity contribution is -0.138. The molecule has 0 radical (unpaired) electrons. The van der Waals surface area contributed by atoms with Crippen LogP contribution < -0.4 is 16.5 Å². The fourth-order valence-corrected chi connectivity index (χ4v) is 5.36. The molecular weight excluding hydrogens is 665 g/mol. The second-order valence-electron chi connectivity index (χ2n) is 11.4. The molecule has 1 amide bonds. The fourth-order valence-electron chi connectivity index (χ4n) is 5.36. The molecule has 1 aliphatic rings. The maximum Gasteiger partial charge on any atom is 0.519 e. The fraction of sp³-hybridized carbons (Fsp3) is 0.273. The Bertz CT molecular complexity index is 1980. The number of aryl methyl sites for hydroxylation is 2. The monoisotopic (exact) mass is 696 g/mol. The summed E-state index contributed by atoms with van der Waals surface area (Å²) in [6.45, 7) is 6.13. The Kier molecular flexibility index (Phi) is 10.8. The molecule has 3 aromatic heterocycles. The van der Waals surface area contributed by atoms with Crippen molar-refractivity contribution < 1.29 is 26.8 Å². The van der Waals surface area contributed by atoms with Crippen LogP contribution in [0.3, 0.4) is 0 Å². The second-order valence-corrected chi connectivity index (χ2v) is 11.4. The maximum absolute atomic E-state index is 14.2. The normalized spacial score (nSPS) is 13.9. The van der Waals surface area contributed by atoms with Gasteiger partial charge in [-0.25, -0.2) is 24.7 Å². The van der Waals surface area contributed by atoms with Gasteiger partial charge in [-0.3, -0.25) is 14.6 Å². The number of piperazine rings is 1. The third kappa shape index (κ3) is 8.68. The first-order valence-electron chi connectivity index (χ1n) is 15.0. The molecule has 256 valence electrons. The van der Waals surface area contributed by atoms with E-state index < -0.39 is 23.5 Å². The van der Waals surface area contributed by atoms with Crippen molar-refractivity contribution in [2.75, 3.05) is 36.8 Å². The molecule has 0 aliphatic carbocycles. The highest BCUT2D eigenvalue weighted by molar-refractivity contribution is 6.04. The van der Waals surface area contributed by atoms with Crippen molar-refractivity contribution in [3.63, 3.8) is 0 Å². The number of rotatable bonds is 9. The van der Waals surface area contributed by atoms with E-state index in [4.69, 9.17) is 8.83 Å². The van der Waals surface area contributed by atoms with Gasteiger partial charge in [0.15, 0.2) is 5.76 Å². The molecule has 0 saturated carbocycles. The molecule has 0 unspecified atom stereocenters. The summed E-state index contributed by atoms with van der Waals surface area (Å²) in [5.74, 6) is -0.281. The van der Waals surface area contributed by atoms with Crippen LogP contribution in [-0.2, 0) is 19.3 Å². The minimum atomic E-state index is -4.66. The summed E-state index contributed by atoms with van der Waals surface area (Å²) in [5.41, 5.74) is 2.23. The van der Waals surface area contributed by atoms with Crippen LogP contribution >= 0.6 is 12.4 Å². The van der Waals surface area contributed by atoms with E-state index in [2.05, 4.69) is 30.6 Å². The highest BCUT2D eigenvalue weighted by Gasteiger charge is 2.35. The van der Waals surface area contributed by atoms with Gasteiger partial charge in [0.1, 0.15) is 12.1 Å². The van der Waals surface area contributed by atoms with Gasteiger partial charge in [0, 0.05) is 73.8 Å². The number of nitrogens with zero attached hydrogens (tertiary/aromatic N) is 6. The number of hydrogen-bond donors (Lipinski definition) is 2. The number of benzene rings is 2. The van der Waals surface area contributed by atoms with Gasteiger partial charge in [-0.2, -0.15) is 13.2 Å². The average molecular weight is 697 g/mol. The van der Waals surface area contributed by atoms with Gasteiger partial charge in [-0.1, -0.05) is 12.1 Å². The van der Waals surface area contributed by atoms with E-state index in [1.165, 1.54) is 18.5 Å². The summed E-state index contributed by atoms with van der Waals surface area (Å²) in [5, 5.41) is 5.84. The molecule has 0 atom stereocenters. The van der Waals surface area contributed by atoms with E-state index in [1.807, 2.05) is 16.7 Å². The smallest absolute Gasteiger partial charge is 0.396 e. The molecule has 0 bridgehead atoms. The number of halogens is 4. The molecule has 0 spiro atoms. The van der Waals surface area contributed by atoms with Crippen molar-refractivity contribution in [1.29, 1.82) is 0 Å². The van der Waals surface area contributed by atoms with Gasteiger partial charge in [-0.15, -0.1) is 12.4 Å². The van der Waals surface area contributed by atoms with Crippen molar-refractivity contribution in [2.45, 2.75) is 33.1 Å². The van der Waals surface area contributed by atoms with E-state index in [0.717, 1.165) is 11.6 Å². The summed E-state index contributed by atoms with van der Waals surface area (Å²) in [6.07, 6.45) is 1.61. The number of amides is 1. The number of anilines is 3. The minimum Gasteiger partial charge on any atom is -0.396 e. The van der Waals surface area contributed by atoms with E-state index in [0.29, 0.717) is 72.8 Å². The number of alkyl halides is 3. The Balaban J connectivity index is 0.00000468. The molecule has 1 aliphatic heterocycles. The highest BCUT2D eigenvalue weighted by atomic mass is 35.5. The van der Waals surface area contributed by atoms with Crippen LogP contribution in [0.4, 0.5) is 30.5 Å². The highest BCUT2D eigenvalue weighted by Crippen LogP contribution is 2.34. The standard InChI is InChI=1S/C33H31F3N8O4.ClH/c1-20-3-6-25(14-28(20)42-31-39-8-7-27(41-31)24-15-37-19-38-16-24)40-30(45)22-4-5-23(26(13-22)33(34,35)36)17-43-9-11-44(12-10-43)18-29-21(2)47-32(46)48-29;/h3-8,13-16,19H,9-12,17-18H2,1-2H3,(H,40,45)(H,39,41,42);1H. The van der Waals surface area contributed by atoms with Crippen LogP contribution in [-0.4, -0.2) is 61.8 Å². The molecular formula is C33H32ClF3N8O4. The zero-order valence-electron chi connectivity index (χ0n) is 26.5. The number of hydrogen-bond acceptors (Lipinski definition) is 11. The molecule has 6 rings (SSSR count). The summed E-state index contributed by atoms with van der Waals surface area (Å²) < 4.78 is 52.7. The molecule has 4 heterocycles. The third-order valence-corrected chi connectivity index (χ3v) is 7.99. The van der Waals surface area contributed by atoms with Gasteiger partial charge in [0.05, 0.1) is 17.8 Å². The molecule has 1 saturated heterocycles. The largest absolute Gasteiger partial charge is 0.519 e. The van der Waals surface area contributed by atoms with Gasteiger partial charge in [0.25, 0.3) is 5.91 Å². The summed E-state index contributed by atoms with van der Waals surface area (Å²) >= 11 is 0. The predicted molar refractivity (Wildman–Crippen MR) is 177 cm³/mol. The summed E-state index contributed by atoms with van der Waals surface area (Å²) in [7, 11) is 0. The number of nitrogens with one attached hydrogen (secondary N) is 2. The van der Waals surface area contributed by atoms with Crippen LogP contribution in [0.5, 0.6) is 0 Å². The Hall–Kier alpha value is -5.12. The first-order chi connectivity index (χ1) is 23.0. The van der Waals surface area contributed by atoms with Crippen molar-refractivity contribution >= 4 is 35.6 Å². The molecule has 2 aromatic carbocycles. The zero-order chi connectivity index (χ0) is 33.8. The van der Waals surface area contributed by atoms with Crippen molar-refractivity contribution in [2.24, 2.45) is 0 Å². The Morgan fingerprint density at radius 2 is 1.65 bits per heavy atom. The van der Waals surface area contributed by atoms with Gasteiger partial charge >= 0.3 is 12.0 Å². The van der Waals surface area contributed by atoms with Crippen LogP contribution in [0.2, 0.25) is 0 Å².